The molecule has 1 fully saturated rings. The number of hydrogen-bond donors (Lipinski definition) is 0. The number of carbonyl (C=O) groups is 2. The third kappa shape index (κ3) is 1.98. The van der Waals surface area contributed by atoms with Crippen molar-refractivity contribution in [3.8, 4) is 0 Å². The number of hydrogen-bond acceptors (Lipinski definition) is 4. The molecule has 0 bridgehead atoms. The highest BCUT2D eigenvalue weighted by Gasteiger charge is 2.22. The van der Waals surface area contributed by atoms with Crippen molar-refractivity contribution in [1.82, 2.24) is 15.0 Å². The third-order valence-electron chi connectivity index (χ3n) is 2.41. The number of rotatable bonds is 2. The Kier molecular flexibility index (Phi) is 2.66. The molecule has 1 aromatic rings. The minimum absolute atomic E-state index is 0.144. The van der Waals surface area contributed by atoms with Crippen LogP contribution in [0.25, 0.3) is 0 Å². The average Bonchev–Trinajstić information content (AvgIpc) is 2.82. The van der Waals surface area contributed by atoms with Gasteiger partial charge in [-0.25, -0.2) is 0 Å². The predicted molar refractivity (Wildman–Crippen MR) is 50.0 cm³/mol. The van der Waals surface area contributed by atoms with Gasteiger partial charge in [-0.3, -0.25) is 9.59 Å². The molecule has 0 atom stereocenters. The molecule has 6 heteroatoms. The summed E-state index contributed by atoms with van der Waals surface area (Å²) in [7, 11) is 0. The van der Waals surface area contributed by atoms with E-state index < -0.39 is 0 Å². The molecule has 0 radical (unpaired) electrons. The van der Waals surface area contributed by atoms with E-state index >= 15 is 0 Å². The lowest BCUT2D eigenvalue weighted by Gasteiger charge is -2.31. The van der Waals surface area contributed by atoms with Crippen molar-refractivity contribution in [2.45, 2.75) is 0 Å². The zero-order valence-corrected chi connectivity index (χ0v) is 8.13. The fourth-order valence-electron chi connectivity index (χ4n) is 1.52. The van der Waals surface area contributed by atoms with Gasteiger partial charge in [-0.1, -0.05) is 5.16 Å². The van der Waals surface area contributed by atoms with Gasteiger partial charge < -0.3 is 14.3 Å². The molecule has 2 heterocycles. The molecule has 80 valence electrons. The van der Waals surface area contributed by atoms with Crippen molar-refractivity contribution in [2.24, 2.45) is 0 Å². The van der Waals surface area contributed by atoms with Crippen LogP contribution in [0, 0.1) is 0 Å². The van der Waals surface area contributed by atoms with Crippen molar-refractivity contribution in [3.05, 3.63) is 18.0 Å². The standard InChI is InChI=1S/C9H11N3O3/c13-7-11-2-4-12(5-3-11)9(14)8-1-6-15-10-8/h1,6-7H,2-5H2. The molecule has 0 aliphatic carbocycles. The summed E-state index contributed by atoms with van der Waals surface area (Å²) in [6.07, 6.45) is 2.17. The molecule has 0 spiro atoms. The Labute approximate surface area is 86.4 Å². The van der Waals surface area contributed by atoms with Crippen LogP contribution in [0.15, 0.2) is 16.9 Å². The summed E-state index contributed by atoms with van der Waals surface area (Å²) in [6, 6.07) is 1.54. The highest BCUT2D eigenvalue weighted by atomic mass is 16.5. The second-order valence-electron chi connectivity index (χ2n) is 3.32. The van der Waals surface area contributed by atoms with Crippen LogP contribution in [-0.2, 0) is 4.79 Å². The molecule has 1 aliphatic heterocycles. The molecule has 2 amide bonds. The van der Waals surface area contributed by atoms with E-state index in [1.807, 2.05) is 0 Å². The van der Waals surface area contributed by atoms with Crippen LogP contribution in [0.2, 0.25) is 0 Å². The maximum Gasteiger partial charge on any atom is 0.276 e. The molecule has 1 aromatic heterocycles. The summed E-state index contributed by atoms with van der Waals surface area (Å²) in [5, 5.41) is 3.58. The van der Waals surface area contributed by atoms with E-state index in [-0.39, 0.29) is 5.91 Å². The summed E-state index contributed by atoms with van der Waals surface area (Å²) < 4.78 is 4.60. The first kappa shape index (κ1) is 9.70. The Morgan fingerprint density at radius 1 is 1.40 bits per heavy atom. The van der Waals surface area contributed by atoms with E-state index in [9.17, 15) is 9.59 Å². The molecular formula is C9H11N3O3. The summed E-state index contributed by atoms with van der Waals surface area (Å²) in [6.45, 7) is 2.25. The van der Waals surface area contributed by atoms with Crippen LogP contribution in [0.3, 0.4) is 0 Å². The molecule has 0 unspecified atom stereocenters. The Hall–Kier alpha value is -1.85. The first-order valence-electron chi connectivity index (χ1n) is 4.70. The van der Waals surface area contributed by atoms with Crippen molar-refractivity contribution < 1.29 is 14.1 Å². The lowest BCUT2D eigenvalue weighted by Crippen LogP contribution is -2.48. The minimum atomic E-state index is -0.144. The molecule has 0 N–H and O–H groups in total. The van der Waals surface area contributed by atoms with Gasteiger partial charge in [0.2, 0.25) is 6.41 Å². The van der Waals surface area contributed by atoms with Gasteiger partial charge in [0.15, 0.2) is 5.69 Å². The van der Waals surface area contributed by atoms with Crippen LogP contribution >= 0.6 is 0 Å². The quantitative estimate of drug-likeness (QED) is 0.621. The maximum absolute atomic E-state index is 11.8. The minimum Gasteiger partial charge on any atom is -0.364 e. The number of amides is 2. The van der Waals surface area contributed by atoms with Crippen molar-refractivity contribution >= 4 is 12.3 Å². The monoisotopic (exact) mass is 209 g/mol. The highest BCUT2D eigenvalue weighted by molar-refractivity contribution is 5.92. The average molecular weight is 209 g/mol. The van der Waals surface area contributed by atoms with Crippen LogP contribution in [-0.4, -0.2) is 53.5 Å². The Morgan fingerprint density at radius 2 is 2.13 bits per heavy atom. The van der Waals surface area contributed by atoms with Gasteiger partial charge in [-0.15, -0.1) is 0 Å². The first-order valence-corrected chi connectivity index (χ1v) is 4.70. The maximum atomic E-state index is 11.8. The number of carbonyl (C=O) groups excluding carboxylic acids is 2. The Morgan fingerprint density at radius 3 is 2.67 bits per heavy atom. The lowest BCUT2D eigenvalue weighted by atomic mass is 10.3. The van der Waals surface area contributed by atoms with Crippen LogP contribution in [0.1, 0.15) is 10.5 Å². The van der Waals surface area contributed by atoms with Crippen molar-refractivity contribution in [3.63, 3.8) is 0 Å². The summed E-state index contributed by atoms with van der Waals surface area (Å²) in [5.41, 5.74) is 0.314. The number of piperazine rings is 1. The molecule has 1 saturated heterocycles. The Bertz CT molecular complexity index is 341. The molecule has 0 saturated carbocycles. The molecule has 6 nitrogen and oxygen atoms in total. The number of aromatic nitrogens is 1. The van der Waals surface area contributed by atoms with E-state index in [4.69, 9.17) is 0 Å². The largest absolute Gasteiger partial charge is 0.364 e. The molecule has 2 rings (SSSR count). The fraction of sp³-hybridized carbons (Fsp3) is 0.444. The summed E-state index contributed by atoms with van der Waals surface area (Å²) in [4.78, 5) is 25.5. The fourth-order valence-corrected chi connectivity index (χ4v) is 1.52. The Balaban J connectivity index is 1.96. The zero-order chi connectivity index (χ0) is 10.7. The molecule has 15 heavy (non-hydrogen) atoms. The van der Waals surface area contributed by atoms with Crippen LogP contribution in [0.4, 0.5) is 0 Å². The second-order valence-corrected chi connectivity index (χ2v) is 3.32. The van der Waals surface area contributed by atoms with Gasteiger partial charge in [0.05, 0.1) is 0 Å². The molecule has 1 aliphatic rings. The normalized spacial score (nSPS) is 16.5. The van der Waals surface area contributed by atoms with Crippen LogP contribution in [0.5, 0.6) is 0 Å². The summed E-state index contributed by atoms with van der Waals surface area (Å²) in [5.74, 6) is -0.144. The first-order chi connectivity index (χ1) is 7.31. The smallest absolute Gasteiger partial charge is 0.276 e. The van der Waals surface area contributed by atoms with E-state index in [1.165, 1.54) is 12.3 Å². The third-order valence-corrected chi connectivity index (χ3v) is 2.41. The van der Waals surface area contributed by atoms with E-state index in [0.29, 0.717) is 31.9 Å². The van der Waals surface area contributed by atoms with Gasteiger partial charge in [0.1, 0.15) is 6.26 Å². The van der Waals surface area contributed by atoms with E-state index in [1.54, 1.807) is 9.80 Å². The molecular weight excluding hydrogens is 198 g/mol. The highest BCUT2D eigenvalue weighted by Crippen LogP contribution is 2.05. The SMILES string of the molecule is O=CN1CCN(C(=O)c2ccon2)CC1. The van der Waals surface area contributed by atoms with Crippen molar-refractivity contribution in [2.75, 3.05) is 26.2 Å². The number of nitrogens with zero attached hydrogens (tertiary/aromatic N) is 3. The van der Waals surface area contributed by atoms with Crippen LogP contribution < -0.4 is 0 Å². The molecule has 0 aromatic carbocycles. The van der Waals surface area contributed by atoms with Gasteiger partial charge in [-0.05, 0) is 0 Å². The summed E-state index contributed by atoms with van der Waals surface area (Å²) >= 11 is 0. The van der Waals surface area contributed by atoms with Gasteiger partial charge in [0, 0.05) is 32.2 Å². The van der Waals surface area contributed by atoms with Gasteiger partial charge in [-0.2, -0.15) is 0 Å². The van der Waals surface area contributed by atoms with Crippen molar-refractivity contribution in [1.29, 1.82) is 0 Å². The predicted octanol–water partition coefficient (Wildman–Crippen LogP) is -0.411. The lowest BCUT2D eigenvalue weighted by molar-refractivity contribution is -0.119. The van der Waals surface area contributed by atoms with Gasteiger partial charge in [0.25, 0.3) is 5.91 Å². The van der Waals surface area contributed by atoms with E-state index in [2.05, 4.69) is 9.68 Å². The topological polar surface area (TPSA) is 66.7 Å². The second kappa shape index (κ2) is 4.12. The van der Waals surface area contributed by atoms with E-state index in [0.717, 1.165) is 6.41 Å². The van der Waals surface area contributed by atoms with Gasteiger partial charge >= 0.3 is 0 Å². The zero-order valence-electron chi connectivity index (χ0n) is 8.13.